The molecule has 0 unspecified atom stereocenters. The van der Waals surface area contributed by atoms with Gasteiger partial charge >= 0.3 is 6.16 Å². The zero-order chi connectivity index (χ0) is 49.5. The highest BCUT2D eigenvalue weighted by Gasteiger charge is 2.29. The van der Waals surface area contributed by atoms with E-state index in [4.69, 9.17) is 43.6 Å². The van der Waals surface area contributed by atoms with Crippen LogP contribution in [0.25, 0.3) is 0 Å². The molecule has 1 aliphatic rings. The summed E-state index contributed by atoms with van der Waals surface area (Å²) >= 11 is 0. The Morgan fingerprint density at radius 3 is 1.74 bits per heavy atom. The van der Waals surface area contributed by atoms with E-state index in [1.54, 1.807) is 24.3 Å². The van der Waals surface area contributed by atoms with Crippen molar-refractivity contribution in [1.29, 1.82) is 0 Å². The van der Waals surface area contributed by atoms with Crippen LogP contribution in [-0.2, 0) is 68.5 Å². The molecule has 0 saturated carbocycles. The van der Waals surface area contributed by atoms with E-state index < -0.39 is 40.8 Å². The molecule has 374 valence electrons. The summed E-state index contributed by atoms with van der Waals surface area (Å²) in [5.74, 6) is -3.20. The van der Waals surface area contributed by atoms with Crippen LogP contribution in [0, 0.1) is 22.0 Å². The lowest BCUT2D eigenvalue weighted by Crippen LogP contribution is -2.47. The molecule has 4 N–H and O–H groups in total. The number of nitro groups is 1. The summed E-state index contributed by atoms with van der Waals surface area (Å²) in [5.41, 5.74) is 6.08. The third kappa shape index (κ3) is 23.5. The number of nitro benzene ring substituents is 1. The fourth-order valence-corrected chi connectivity index (χ4v) is 6.19. The van der Waals surface area contributed by atoms with Crippen LogP contribution >= 0.6 is 0 Å². The van der Waals surface area contributed by atoms with E-state index in [1.165, 1.54) is 36.4 Å². The molecule has 0 bridgehead atoms. The molecule has 1 aliphatic heterocycles. The Balaban J connectivity index is 1.27. The second kappa shape index (κ2) is 32.5. The first-order valence-corrected chi connectivity index (χ1v) is 22.3. The Bertz CT molecular complexity index is 1930. The lowest BCUT2D eigenvalue weighted by Gasteiger charge is -2.24. The molecular formula is C46H63N5O17. The number of nitrogens with one attached hydrogen (secondary N) is 2. The molecule has 22 heteroatoms. The summed E-state index contributed by atoms with van der Waals surface area (Å²) < 4.78 is 42.9. The fraction of sp³-hybridized carbons (Fsp3) is 0.543. The Hall–Kier alpha value is -6.17. The minimum Gasteiger partial charge on any atom is -0.429 e. The summed E-state index contributed by atoms with van der Waals surface area (Å²) in [6.07, 6.45) is 2.61. The van der Waals surface area contributed by atoms with Crippen molar-refractivity contribution in [3.8, 4) is 5.75 Å². The average molecular weight is 958 g/mol. The maximum absolute atomic E-state index is 13.6. The van der Waals surface area contributed by atoms with Gasteiger partial charge in [-0.15, -0.1) is 0 Å². The predicted octanol–water partition coefficient (Wildman–Crippen LogP) is 3.43. The van der Waals surface area contributed by atoms with E-state index in [0.717, 1.165) is 4.90 Å². The molecule has 22 nitrogen and oxygen atoms in total. The van der Waals surface area contributed by atoms with Crippen molar-refractivity contribution in [3.63, 3.8) is 0 Å². The minimum atomic E-state index is -1.02. The van der Waals surface area contributed by atoms with Gasteiger partial charge < -0.3 is 54.3 Å². The van der Waals surface area contributed by atoms with Gasteiger partial charge in [0.15, 0.2) is 0 Å². The number of imide groups is 1. The zero-order valence-electron chi connectivity index (χ0n) is 38.6. The van der Waals surface area contributed by atoms with Gasteiger partial charge in [-0.2, -0.15) is 0 Å². The van der Waals surface area contributed by atoms with Crippen molar-refractivity contribution in [3.05, 3.63) is 76.4 Å². The quantitative estimate of drug-likeness (QED) is 0.0218. The van der Waals surface area contributed by atoms with Gasteiger partial charge in [0.2, 0.25) is 17.7 Å². The highest BCUT2D eigenvalue weighted by molar-refractivity contribution is 6.12. The predicted molar refractivity (Wildman–Crippen MR) is 242 cm³/mol. The summed E-state index contributed by atoms with van der Waals surface area (Å²) in [4.78, 5) is 97.7. The zero-order valence-corrected chi connectivity index (χ0v) is 38.6. The molecule has 2 aromatic carbocycles. The van der Waals surface area contributed by atoms with Crippen LogP contribution in [-0.4, -0.2) is 143 Å². The largest absolute Gasteiger partial charge is 0.514 e. The molecule has 0 spiro atoms. The molecule has 2 aromatic rings. The molecule has 0 aromatic heterocycles. The number of hydrogen-bond donors (Lipinski definition) is 3. The van der Waals surface area contributed by atoms with Crippen molar-refractivity contribution >= 4 is 52.8 Å². The SMILES string of the molecule is CC(C)[C@H](CC(=O)CCOCCOCCOCCOCCOCCOCCN1C(=O)C=CC1=O)C(=O)N[C@@H](CCCCC(N)=O)C(=O)Nc1ccc(COC(=O)Oc2ccc([N+](=O)[O-])cc2)cc1. The highest BCUT2D eigenvalue weighted by Crippen LogP contribution is 2.20. The summed E-state index contributed by atoms with van der Waals surface area (Å²) in [5, 5.41) is 16.4. The number of ether oxygens (including phenoxy) is 8. The van der Waals surface area contributed by atoms with Gasteiger partial charge in [-0.1, -0.05) is 32.4 Å². The number of hydrogen-bond acceptors (Lipinski definition) is 17. The topological polar surface area (TPSA) is 290 Å². The number of nitrogens with zero attached hydrogens (tertiary/aromatic N) is 2. The summed E-state index contributed by atoms with van der Waals surface area (Å²) in [6, 6.07) is 10.3. The van der Waals surface area contributed by atoms with E-state index in [9.17, 15) is 43.7 Å². The third-order valence-corrected chi connectivity index (χ3v) is 9.96. The molecule has 0 saturated heterocycles. The number of carbonyl (C=O) groups is 7. The van der Waals surface area contributed by atoms with Crippen molar-refractivity contribution in [2.75, 3.05) is 91.1 Å². The fourth-order valence-electron chi connectivity index (χ4n) is 6.19. The number of non-ortho nitro benzene ring substituents is 1. The standard InChI is InChI=1S/C46H63N5O17/c1-33(2)39(31-37(52)17-19-61-21-23-63-25-27-65-29-30-66-28-26-64-24-22-62-20-18-50-42(54)15-16-43(50)55)44(56)49-40(5-3-4-6-41(47)53)45(57)48-35-9-7-34(8-10-35)32-67-46(58)68-38-13-11-36(12-14-38)51(59)60/h7-16,33,39-40H,3-6,17-32H2,1-2H3,(H2,47,53)(H,48,57)(H,49,56)/t39-,40-/m0/s1. The smallest absolute Gasteiger partial charge is 0.429 e. The summed E-state index contributed by atoms with van der Waals surface area (Å²) in [7, 11) is 0. The maximum atomic E-state index is 13.6. The number of rotatable bonds is 37. The number of benzene rings is 2. The molecule has 2 atom stereocenters. The van der Waals surface area contributed by atoms with Gasteiger partial charge in [0.25, 0.3) is 17.5 Å². The van der Waals surface area contributed by atoms with E-state index in [1.807, 2.05) is 13.8 Å². The Morgan fingerprint density at radius 2 is 1.22 bits per heavy atom. The molecule has 1 heterocycles. The van der Waals surface area contributed by atoms with Crippen LogP contribution in [0.1, 0.15) is 57.9 Å². The van der Waals surface area contributed by atoms with Crippen molar-refractivity contribution in [1.82, 2.24) is 10.2 Å². The molecule has 5 amide bonds. The Kier molecular flexibility index (Phi) is 26.9. The molecule has 3 rings (SSSR count). The molecule has 0 fully saturated rings. The van der Waals surface area contributed by atoms with Crippen LogP contribution in [0.4, 0.5) is 16.2 Å². The number of ketones is 1. The van der Waals surface area contributed by atoms with E-state index >= 15 is 0 Å². The number of Topliss-reactive ketones (excluding diaryl/α,β-unsaturated/α-hetero) is 1. The number of nitrogens with two attached hydrogens (primary N) is 1. The van der Waals surface area contributed by atoms with Gasteiger partial charge in [-0.05, 0) is 48.6 Å². The Morgan fingerprint density at radius 1 is 0.691 bits per heavy atom. The van der Waals surface area contributed by atoms with E-state index in [2.05, 4.69) is 10.6 Å². The number of primary amides is 1. The lowest BCUT2D eigenvalue weighted by atomic mass is 9.88. The molecular weight excluding hydrogens is 895 g/mol. The number of unbranched alkanes of at least 4 members (excludes halogenated alkanes) is 1. The van der Waals surface area contributed by atoms with Crippen molar-refractivity contribution < 1.29 is 76.4 Å². The number of anilines is 1. The van der Waals surface area contributed by atoms with Crippen molar-refractivity contribution in [2.24, 2.45) is 17.6 Å². The van der Waals surface area contributed by atoms with Gasteiger partial charge in [-0.25, -0.2) is 4.79 Å². The maximum Gasteiger partial charge on any atom is 0.514 e. The van der Waals surface area contributed by atoms with Gasteiger partial charge in [0, 0.05) is 55.2 Å². The van der Waals surface area contributed by atoms with E-state index in [0.29, 0.717) is 83.6 Å². The average Bonchev–Trinajstić information content (AvgIpc) is 3.63. The second-order valence-corrected chi connectivity index (χ2v) is 15.5. The second-order valence-electron chi connectivity index (χ2n) is 15.5. The molecule has 0 aliphatic carbocycles. The normalized spacial score (nSPS) is 13.1. The first-order chi connectivity index (χ1) is 32.7. The number of amides is 5. The van der Waals surface area contributed by atoms with Gasteiger partial charge in [0.05, 0.1) is 90.8 Å². The first kappa shape index (κ1) is 56.2. The molecule has 0 radical (unpaired) electrons. The Labute approximate surface area is 394 Å². The van der Waals surface area contributed by atoms with Gasteiger partial charge in [0.1, 0.15) is 24.2 Å². The van der Waals surface area contributed by atoms with E-state index in [-0.39, 0.29) is 93.6 Å². The monoisotopic (exact) mass is 957 g/mol. The van der Waals surface area contributed by atoms with Crippen LogP contribution in [0.3, 0.4) is 0 Å². The number of carbonyl (C=O) groups excluding carboxylic acids is 7. The van der Waals surface area contributed by atoms with Crippen LogP contribution in [0.5, 0.6) is 5.75 Å². The lowest BCUT2D eigenvalue weighted by molar-refractivity contribution is -0.384. The highest BCUT2D eigenvalue weighted by atomic mass is 16.7. The van der Waals surface area contributed by atoms with Gasteiger partial charge in [-0.3, -0.25) is 43.8 Å². The van der Waals surface area contributed by atoms with Crippen LogP contribution in [0.2, 0.25) is 0 Å². The first-order valence-electron chi connectivity index (χ1n) is 22.3. The van der Waals surface area contributed by atoms with Crippen LogP contribution < -0.4 is 21.1 Å². The van der Waals surface area contributed by atoms with Crippen molar-refractivity contribution in [2.45, 2.75) is 65.0 Å². The summed E-state index contributed by atoms with van der Waals surface area (Å²) in [6.45, 7) is 7.49. The minimum absolute atomic E-state index is 0.0551. The third-order valence-electron chi connectivity index (χ3n) is 9.96. The van der Waals surface area contributed by atoms with Crippen LogP contribution in [0.15, 0.2) is 60.7 Å². The molecule has 68 heavy (non-hydrogen) atoms.